The first kappa shape index (κ1) is 13.7. The van der Waals surface area contributed by atoms with Crippen LogP contribution in [-0.4, -0.2) is 13.1 Å². The van der Waals surface area contributed by atoms with Crippen molar-refractivity contribution in [2.45, 2.75) is 0 Å². The molecule has 0 saturated carbocycles. The second kappa shape index (κ2) is 6.98. The van der Waals surface area contributed by atoms with Gasteiger partial charge in [-0.3, -0.25) is 0 Å². The molecule has 3 heteroatoms. The number of carbonyl (C=O) groups excluding carboxylic acids is 1. The van der Waals surface area contributed by atoms with Crippen LogP contribution < -0.4 is 5.32 Å². The van der Waals surface area contributed by atoms with Crippen molar-refractivity contribution in [2.24, 2.45) is 0 Å². The summed E-state index contributed by atoms with van der Waals surface area (Å²) in [5.41, 5.74) is 5.26. The summed E-state index contributed by atoms with van der Waals surface area (Å²) in [7, 11) is 1.37. The lowest BCUT2D eigenvalue weighted by molar-refractivity contribution is 0.0602. The molecule has 2 aromatic rings. The van der Waals surface area contributed by atoms with Crippen LogP contribution in [0.1, 0.15) is 15.9 Å². The molecule has 0 fully saturated rings. The first-order valence-corrected chi connectivity index (χ1v) is 6.21. The number of methoxy groups -OCH3 is 1. The SMILES string of the molecule is COC(=O)c1ccccc1NC=C=Cc1ccccc1. The minimum Gasteiger partial charge on any atom is -0.465 e. The Hall–Kier alpha value is -2.77. The molecule has 0 saturated heterocycles. The van der Waals surface area contributed by atoms with Crippen LogP contribution in [-0.2, 0) is 4.74 Å². The lowest BCUT2D eigenvalue weighted by atomic mass is 10.2. The van der Waals surface area contributed by atoms with Crippen molar-refractivity contribution in [3.8, 4) is 0 Å². The predicted octanol–water partition coefficient (Wildman–Crippen LogP) is 3.71. The maximum Gasteiger partial charge on any atom is 0.339 e. The molecule has 0 radical (unpaired) electrons. The standard InChI is InChI=1S/C17H15NO2/c1-20-17(19)15-11-5-6-12-16(15)18-13-7-10-14-8-3-2-4-9-14/h2-6,8-13,18H,1H3. The second-order valence-electron chi connectivity index (χ2n) is 4.05. The quantitative estimate of drug-likeness (QED) is 0.676. The van der Waals surface area contributed by atoms with Gasteiger partial charge in [0.1, 0.15) is 0 Å². The van der Waals surface area contributed by atoms with Gasteiger partial charge in [0.15, 0.2) is 0 Å². The highest BCUT2D eigenvalue weighted by atomic mass is 16.5. The van der Waals surface area contributed by atoms with Crippen LogP contribution in [0, 0.1) is 0 Å². The largest absolute Gasteiger partial charge is 0.465 e. The van der Waals surface area contributed by atoms with E-state index in [9.17, 15) is 4.79 Å². The van der Waals surface area contributed by atoms with E-state index in [4.69, 9.17) is 4.74 Å². The van der Waals surface area contributed by atoms with Crippen molar-refractivity contribution in [1.29, 1.82) is 0 Å². The minimum absolute atomic E-state index is 0.367. The van der Waals surface area contributed by atoms with E-state index in [1.807, 2.05) is 48.5 Å². The average molecular weight is 265 g/mol. The molecule has 0 aliphatic heterocycles. The fraction of sp³-hybridized carbons (Fsp3) is 0.0588. The molecule has 1 N–H and O–H groups in total. The minimum atomic E-state index is -0.367. The molecule has 0 spiro atoms. The van der Waals surface area contributed by atoms with Crippen LogP contribution in [0.2, 0.25) is 0 Å². The number of hydrogen-bond donors (Lipinski definition) is 1. The van der Waals surface area contributed by atoms with E-state index in [0.29, 0.717) is 11.3 Å². The molecule has 100 valence electrons. The molecule has 0 unspecified atom stereocenters. The Morgan fingerprint density at radius 3 is 2.55 bits per heavy atom. The Balaban J connectivity index is 2.11. The zero-order chi connectivity index (χ0) is 14.2. The van der Waals surface area contributed by atoms with Crippen molar-refractivity contribution >= 4 is 17.7 Å². The molecular weight excluding hydrogens is 250 g/mol. The Morgan fingerprint density at radius 2 is 1.80 bits per heavy atom. The molecule has 2 aromatic carbocycles. The maximum atomic E-state index is 11.6. The smallest absolute Gasteiger partial charge is 0.339 e. The van der Waals surface area contributed by atoms with Gasteiger partial charge in [-0.25, -0.2) is 4.79 Å². The van der Waals surface area contributed by atoms with Crippen molar-refractivity contribution in [3.05, 3.63) is 77.7 Å². The van der Waals surface area contributed by atoms with Crippen molar-refractivity contribution < 1.29 is 9.53 Å². The molecule has 0 aliphatic rings. The van der Waals surface area contributed by atoms with E-state index in [-0.39, 0.29) is 5.97 Å². The monoisotopic (exact) mass is 265 g/mol. The molecule has 0 aromatic heterocycles. The van der Waals surface area contributed by atoms with Crippen LogP contribution in [0.5, 0.6) is 0 Å². The van der Waals surface area contributed by atoms with Crippen LogP contribution in [0.25, 0.3) is 6.08 Å². The van der Waals surface area contributed by atoms with E-state index in [1.54, 1.807) is 18.3 Å². The van der Waals surface area contributed by atoms with Gasteiger partial charge in [-0.1, -0.05) is 42.5 Å². The summed E-state index contributed by atoms with van der Waals surface area (Å²) in [5.74, 6) is -0.367. The zero-order valence-electron chi connectivity index (χ0n) is 11.2. The summed E-state index contributed by atoms with van der Waals surface area (Å²) in [6, 6.07) is 17.0. The summed E-state index contributed by atoms with van der Waals surface area (Å²) in [6.07, 6.45) is 3.52. The van der Waals surface area contributed by atoms with Gasteiger partial charge in [0, 0.05) is 6.20 Å². The molecule has 0 amide bonds. The van der Waals surface area contributed by atoms with Gasteiger partial charge >= 0.3 is 5.97 Å². The van der Waals surface area contributed by atoms with Crippen molar-refractivity contribution in [1.82, 2.24) is 0 Å². The number of carbonyl (C=O) groups is 1. The fourth-order valence-electron chi connectivity index (χ4n) is 1.70. The highest BCUT2D eigenvalue weighted by Crippen LogP contribution is 2.15. The molecule has 0 bridgehead atoms. The van der Waals surface area contributed by atoms with E-state index in [1.165, 1.54) is 7.11 Å². The summed E-state index contributed by atoms with van der Waals surface area (Å²) in [4.78, 5) is 11.6. The Labute approximate surface area is 118 Å². The third-order valence-electron chi connectivity index (χ3n) is 2.69. The number of nitrogens with one attached hydrogen (secondary N) is 1. The normalized spacial score (nSPS) is 9.25. The first-order chi connectivity index (χ1) is 9.81. The Bertz CT molecular complexity index is 641. The molecule has 0 aliphatic carbocycles. The summed E-state index contributed by atoms with van der Waals surface area (Å²) in [6.45, 7) is 0. The number of anilines is 1. The van der Waals surface area contributed by atoms with Crippen LogP contribution >= 0.6 is 0 Å². The fourth-order valence-corrected chi connectivity index (χ4v) is 1.70. The Kier molecular flexibility index (Phi) is 4.76. The summed E-state index contributed by atoms with van der Waals surface area (Å²) >= 11 is 0. The van der Waals surface area contributed by atoms with E-state index in [0.717, 1.165) is 5.56 Å². The lowest BCUT2D eigenvalue weighted by Gasteiger charge is -2.05. The van der Waals surface area contributed by atoms with Crippen molar-refractivity contribution in [2.75, 3.05) is 12.4 Å². The third-order valence-corrected chi connectivity index (χ3v) is 2.69. The third kappa shape index (κ3) is 3.61. The molecule has 20 heavy (non-hydrogen) atoms. The topological polar surface area (TPSA) is 38.3 Å². The molecule has 3 nitrogen and oxygen atoms in total. The molecule has 0 heterocycles. The van der Waals surface area contributed by atoms with Gasteiger partial charge in [-0.15, -0.1) is 5.73 Å². The first-order valence-electron chi connectivity index (χ1n) is 6.21. The maximum absolute atomic E-state index is 11.6. The van der Waals surface area contributed by atoms with Crippen LogP contribution in [0.3, 0.4) is 0 Å². The predicted molar refractivity (Wildman–Crippen MR) is 80.4 cm³/mol. The Morgan fingerprint density at radius 1 is 1.10 bits per heavy atom. The van der Waals surface area contributed by atoms with E-state index < -0.39 is 0 Å². The van der Waals surface area contributed by atoms with Gasteiger partial charge in [0.25, 0.3) is 0 Å². The van der Waals surface area contributed by atoms with Gasteiger partial charge in [0.05, 0.1) is 18.4 Å². The number of esters is 1. The zero-order valence-corrected chi connectivity index (χ0v) is 11.2. The van der Waals surface area contributed by atoms with E-state index >= 15 is 0 Å². The van der Waals surface area contributed by atoms with Gasteiger partial charge in [-0.05, 0) is 23.8 Å². The summed E-state index contributed by atoms with van der Waals surface area (Å²) < 4.78 is 4.73. The number of benzene rings is 2. The van der Waals surface area contributed by atoms with Crippen molar-refractivity contribution in [3.63, 3.8) is 0 Å². The molecule has 0 atom stereocenters. The van der Waals surface area contributed by atoms with Gasteiger partial charge < -0.3 is 10.1 Å². The van der Waals surface area contributed by atoms with Crippen LogP contribution in [0.15, 0.2) is 66.5 Å². The lowest BCUT2D eigenvalue weighted by Crippen LogP contribution is -2.04. The van der Waals surface area contributed by atoms with Gasteiger partial charge in [0.2, 0.25) is 0 Å². The summed E-state index contributed by atoms with van der Waals surface area (Å²) in [5, 5.41) is 3.03. The van der Waals surface area contributed by atoms with Gasteiger partial charge in [-0.2, -0.15) is 0 Å². The highest BCUT2D eigenvalue weighted by Gasteiger charge is 2.09. The highest BCUT2D eigenvalue weighted by molar-refractivity contribution is 5.95. The number of ether oxygens (including phenoxy) is 1. The number of hydrogen-bond acceptors (Lipinski definition) is 3. The number of para-hydroxylation sites is 1. The second-order valence-corrected chi connectivity index (χ2v) is 4.05. The average Bonchev–Trinajstić information content (AvgIpc) is 2.52. The molecular formula is C17H15NO2. The van der Waals surface area contributed by atoms with E-state index in [2.05, 4.69) is 11.0 Å². The van der Waals surface area contributed by atoms with Crippen LogP contribution in [0.4, 0.5) is 5.69 Å². The molecule has 2 rings (SSSR count). The number of rotatable bonds is 4.